The summed E-state index contributed by atoms with van der Waals surface area (Å²) >= 11 is 0. The molecule has 1 aromatic rings. The first-order chi connectivity index (χ1) is 43.1. The quantitative estimate of drug-likeness (QED) is 0.0331. The van der Waals surface area contributed by atoms with E-state index in [2.05, 4.69) is 33.5 Å². The maximum absolute atomic E-state index is 13.7. The van der Waals surface area contributed by atoms with Gasteiger partial charge in [-0.05, 0) is 108 Å². The van der Waals surface area contributed by atoms with Crippen LogP contribution in [0, 0.1) is 17.8 Å². The molecular weight excluding hydrogens is 1140 g/mol. The van der Waals surface area contributed by atoms with E-state index in [0.717, 1.165) is 38.5 Å². The Bertz CT molecular complexity index is 2160. The van der Waals surface area contributed by atoms with Crippen molar-refractivity contribution in [2.24, 2.45) is 17.8 Å². The number of ether oxygens (including phenoxy) is 4. The van der Waals surface area contributed by atoms with E-state index in [1.807, 2.05) is 6.92 Å². The Morgan fingerprint density at radius 3 is 1.62 bits per heavy atom. The third kappa shape index (κ3) is 42.3. The molecule has 89 heavy (non-hydrogen) atoms. The van der Waals surface area contributed by atoms with Gasteiger partial charge in [-0.15, -0.1) is 0 Å². The first kappa shape index (κ1) is 79.7. The molecule has 20 heteroatoms. The van der Waals surface area contributed by atoms with Gasteiger partial charge < -0.3 is 50.6 Å². The fourth-order valence-electron chi connectivity index (χ4n) is 10.9. The average Bonchev–Trinajstić information content (AvgIpc) is 3.57. The number of nitrogens with one attached hydrogen (secondary N) is 5. The summed E-state index contributed by atoms with van der Waals surface area (Å²) in [6.45, 7) is 8.42. The second-order valence-corrected chi connectivity index (χ2v) is 24.1. The fourth-order valence-corrected chi connectivity index (χ4v) is 10.9. The van der Waals surface area contributed by atoms with Crippen molar-refractivity contribution in [1.82, 2.24) is 26.6 Å². The normalized spacial score (nSPS) is 16.1. The van der Waals surface area contributed by atoms with Gasteiger partial charge in [-0.2, -0.15) is 0 Å². The number of ketones is 4. The molecule has 0 aliphatic carbocycles. The van der Waals surface area contributed by atoms with Crippen LogP contribution in [0.4, 0.5) is 0 Å². The summed E-state index contributed by atoms with van der Waals surface area (Å²) in [5.41, 5.74) is 0.920. The summed E-state index contributed by atoms with van der Waals surface area (Å²) in [4.78, 5) is 126. The number of benzene rings is 1. The highest BCUT2D eigenvalue weighted by atomic mass is 16.5. The number of carboxylic acids is 1. The minimum atomic E-state index is -1.15. The van der Waals surface area contributed by atoms with E-state index in [4.69, 9.17) is 18.9 Å². The molecule has 2 heterocycles. The zero-order valence-corrected chi connectivity index (χ0v) is 54.8. The summed E-state index contributed by atoms with van der Waals surface area (Å²) in [6.07, 6.45) is 27.7. The van der Waals surface area contributed by atoms with E-state index in [1.165, 1.54) is 70.6 Å². The minimum Gasteiger partial charge on any atom is -0.480 e. The highest BCUT2D eigenvalue weighted by Gasteiger charge is 2.25. The molecule has 1 unspecified atom stereocenters. The number of unbranched alkanes of at least 4 members (excludes halogenated alkanes) is 15. The molecule has 6 N–H and O–H groups in total. The van der Waals surface area contributed by atoms with Gasteiger partial charge in [0.15, 0.2) is 0 Å². The largest absolute Gasteiger partial charge is 0.480 e. The topological polar surface area (TPSA) is 288 Å². The van der Waals surface area contributed by atoms with E-state index in [-0.39, 0.29) is 162 Å². The molecule has 5 amide bonds. The van der Waals surface area contributed by atoms with E-state index >= 15 is 0 Å². The molecular formula is C69H115N5O15. The van der Waals surface area contributed by atoms with Crippen LogP contribution >= 0.6 is 0 Å². The van der Waals surface area contributed by atoms with E-state index in [9.17, 15) is 53.1 Å². The second-order valence-electron chi connectivity index (χ2n) is 24.1. The maximum Gasteiger partial charge on any atom is 0.326 e. The molecule has 0 saturated heterocycles. The minimum absolute atomic E-state index is 0.0390. The SMILES string of the molecule is CCCCCCCCCCCCCCCCCC(=O)NC(CCC(=O)CCCOCCOCC(=O)NCCOCCOCC(=O)NCCCC[C@H](CC)C(=O)CC[C@H]1CCCCNC(=O)c2ccc(cc2)C(=O)NCCCC[C@@H](C(C)=O)CCC1=O)C(=O)O. The predicted octanol–water partition coefficient (Wildman–Crippen LogP) is 10.5. The number of hydrogen-bond donors (Lipinski definition) is 6. The molecule has 0 radical (unpaired) electrons. The monoisotopic (exact) mass is 1250 g/mol. The standard InChI is InChI=1S/C69H115N5O15/c1-4-6-7-8-9-10-11-12-13-14-15-16-17-18-19-31-64(79)74-61(69(84)85)39-38-60(76)30-26-46-86-48-50-88-53-66(81)71-45-47-87-49-51-89-52-65(80)70-42-23-20-27-55(5-2)62(77)41-37-57-29-22-25-44-73-68(83)59-34-32-58(33-35-59)67(82)72-43-24-21-28-56(54(3)75)36-40-63(57)78/h32-35,55-57,61H,4-31,36-53H2,1-3H3,(H,70,80)(H,71,81)(H,72,82)(H,73,83)(H,74,79)(H,84,85)/t55-,56+,57+,61?/m0/s1. The molecule has 2 bridgehead atoms. The molecule has 4 atom stereocenters. The van der Waals surface area contributed by atoms with Crippen LogP contribution in [-0.2, 0) is 57.3 Å². The molecule has 506 valence electrons. The maximum atomic E-state index is 13.7. The lowest BCUT2D eigenvalue weighted by Crippen LogP contribution is -2.41. The summed E-state index contributed by atoms with van der Waals surface area (Å²) < 4.78 is 21.8. The second kappa shape index (κ2) is 53.2. The number of carbonyl (C=O) groups excluding carboxylic acids is 9. The Morgan fingerprint density at radius 2 is 1.07 bits per heavy atom. The van der Waals surface area contributed by atoms with Crippen molar-refractivity contribution >= 4 is 58.6 Å². The van der Waals surface area contributed by atoms with E-state index < -0.39 is 12.0 Å². The highest BCUT2D eigenvalue weighted by Crippen LogP contribution is 2.25. The van der Waals surface area contributed by atoms with Gasteiger partial charge in [0.05, 0.1) is 33.0 Å². The van der Waals surface area contributed by atoms with Gasteiger partial charge in [0.1, 0.15) is 42.4 Å². The predicted molar refractivity (Wildman–Crippen MR) is 344 cm³/mol. The Balaban J connectivity index is 1.48. The molecule has 2 aliphatic rings. The Kier molecular flexibility index (Phi) is 47.7. The first-order valence-corrected chi connectivity index (χ1v) is 34.3. The summed E-state index contributed by atoms with van der Waals surface area (Å²) in [5.74, 6) is -3.09. The van der Waals surface area contributed by atoms with Gasteiger partial charge in [-0.1, -0.05) is 123 Å². The lowest BCUT2D eigenvalue weighted by molar-refractivity contribution is -0.142. The van der Waals surface area contributed by atoms with Gasteiger partial charge >= 0.3 is 5.97 Å². The summed E-state index contributed by atoms with van der Waals surface area (Å²) in [5, 5.41) is 23.5. The first-order valence-electron chi connectivity index (χ1n) is 34.3. The summed E-state index contributed by atoms with van der Waals surface area (Å²) in [7, 11) is 0. The molecule has 0 saturated carbocycles. The van der Waals surface area contributed by atoms with Crippen molar-refractivity contribution in [3.63, 3.8) is 0 Å². The molecule has 3 rings (SSSR count). The van der Waals surface area contributed by atoms with Crippen LogP contribution in [0.15, 0.2) is 24.3 Å². The average molecular weight is 1250 g/mol. The smallest absolute Gasteiger partial charge is 0.326 e. The third-order valence-electron chi connectivity index (χ3n) is 16.6. The van der Waals surface area contributed by atoms with Crippen LogP contribution < -0.4 is 26.6 Å². The van der Waals surface area contributed by atoms with Gasteiger partial charge in [-0.3, -0.25) is 43.2 Å². The molecule has 0 spiro atoms. The van der Waals surface area contributed by atoms with Crippen LogP contribution in [0.2, 0.25) is 0 Å². The van der Waals surface area contributed by atoms with E-state index in [1.54, 1.807) is 31.2 Å². The van der Waals surface area contributed by atoms with Crippen LogP contribution in [-0.4, -0.2) is 149 Å². The number of amides is 5. The van der Waals surface area contributed by atoms with Crippen molar-refractivity contribution in [2.45, 2.75) is 245 Å². The Hall–Kier alpha value is -5.44. The molecule has 2 aliphatic heterocycles. The van der Waals surface area contributed by atoms with Gasteiger partial charge in [0.2, 0.25) is 17.7 Å². The third-order valence-corrected chi connectivity index (χ3v) is 16.6. The lowest BCUT2D eigenvalue weighted by atomic mass is 9.84. The van der Waals surface area contributed by atoms with Gasteiger partial charge in [0.25, 0.3) is 11.8 Å². The number of fused-ring (bicyclic) bond motifs is 18. The number of carbonyl (C=O) groups is 10. The molecule has 0 fully saturated rings. The van der Waals surface area contributed by atoms with Gasteiger partial charge in [0, 0.05) is 93.8 Å². The van der Waals surface area contributed by atoms with Crippen molar-refractivity contribution < 1.29 is 72.0 Å². The lowest BCUT2D eigenvalue weighted by Gasteiger charge is -2.20. The highest BCUT2D eigenvalue weighted by molar-refractivity contribution is 5.98. The van der Waals surface area contributed by atoms with Crippen LogP contribution in [0.1, 0.15) is 260 Å². The molecule has 20 nitrogen and oxygen atoms in total. The molecule has 1 aromatic carbocycles. The Morgan fingerprint density at radius 1 is 0.539 bits per heavy atom. The summed E-state index contributed by atoms with van der Waals surface area (Å²) in [6, 6.07) is 5.42. The van der Waals surface area contributed by atoms with Crippen molar-refractivity contribution in [3.8, 4) is 0 Å². The van der Waals surface area contributed by atoms with Crippen LogP contribution in [0.5, 0.6) is 0 Å². The number of Topliss-reactive ketones (excluding diaryl/α,β-unsaturated/α-hetero) is 4. The van der Waals surface area contributed by atoms with Crippen molar-refractivity contribution in [3.05, 3.63) is 35.4 Å². The van der Waals surface area contributed by atoms with Crippen LogP contribution in [0.3, 0.4) is 0 Å². The molecule has 0 aromatic heterocycles. The number of hydrogen-bond acceptors (Lipinski definition) is 14. The number of carboxylic acid groups (broad SMARTS) is 1. The Labute approximate surface area is 532 Å². The zero-order chi connectivity index (χ0) is 65.0. The fraction of sp³-hybridized carbons (Fsp3) is 0.768. The number of rotatable bonds is 49. The van der Waals surface area contributed by atoms with Gasteiger partial charge in [-0.25, -0.2) is 4.79 Å². The van der Waals surface area contributed by atoms with E-state index in [0.29, 0.717) is 108 Å². The number of aliphatic carboxylic acids is 1. The van der Waals surface area contributed by atoms with Crippen molar-refractivity contribution in [1.29, 1.82) is 0 Å². The van der Waals surface area contributed by atoms with Crippen molar-refractivity contribution in [2.75, 3.05) is 79.0 Å². The zero-order valence-electron chi connectivity index (χ0n) is 54.8. The van der Waals surface area contributed by atoms with Crippen LogP contribution in [0.25, 0.3) is 0 Å².